The number of nitrogens with zero attached hydrogens (tertiary/aromatic N) is 4. The average Bonchev–Trinajstić information content (AvgIpc) is 3.62. The second kappa shape index (κ2) is 10.3. The van der Waals surface area contributed by atoms with Crippen molar-refractivity contribution in [2.75, 3.05) is 19.7 Å². The molecule has 0 radical (unpaired) electrons. The second-order valence-electron chi connectivity index (χ2n) is 11.1. The predicted molar refractivity (Wildman–Crippen MR) is 155 cm³/mol. The quantitative estimate of drug-likeness (QED) is 0.269. The number of thiophene rings is 1. The summed E-state index contributed by atoms with van der Waals surface area (Å²) in [6.07, 6.45) is 4.71. The largest absolute Gasteiger partial charge is 0.477 e. The van der Waals surface area contributed by atoms with E-state index in [-0.39, 0.29) is 12.1 Å². The summed E-state index contributed by atoms with van der Waals surface area (Å²) in [5, 5.41) is 10.1. The topological polar surface area (TPSA) is 98.9 Å². The number of aromatic carboxylic acids is 1. The van der Waals surface area contributed by atoms with Crippen molar-refractivity contribution in [1.82, 2.24) is 19.4 Å². The van der Waals surface area contributed by atoms with Gasteiger partial charge in [-0.3, -0.25) is 9.88 Å². The number of benzene rings is 1. The van der Waals surface area contributed by atoms with Crippen molar-refractivity contribution in [3.8, 4) is 11.5 Å². The van der Waals surface area contributed by atoms with Gasteiger partial charge < -0.3 is 23.9 Å². The zero-order chi connectivity index (χ0) is 28.3. The van der Waals surface area contributed by atoms with E-state index in [0.29, 0.717) is 28.1 Å². The van der Waals surface area contributed by atoms with Gasteiger partial charge in [0, 0.05) is 25.3 Å². The van der Waals surface area contributed by atoms with Crippen LogP contribution in [0, 0.1) is 0 Å². The predicted octanol–water partition coefficient (Wildman–Crippen LogP) is 6.22. The molecule has 3 aliphatic rings. The van der Waals surface area contributed by atoms with E-state index in [1.165, 1.54) is 11.3 Å². The van der Waals surface area contributed by atoms with E-state index in [1.54, 1.807) is 18.3 Å². The van der Waals surface area contributed by atoms with E-state index in [4.69, 9.17) is 30.8 Å². The van der Waals surface area contributed by atoms with E-state index >= 15 is 0 Å². The van der Waals surface area contributed by atoms with Gasteiger partial charge in [0.25, 0.3) is 5.79 Å². The van der Waals surface area contributed by atoms with Crippen molar-refractivity contribution >= 4 is 39.3 Å². The zero-order valence-corrected chi connectivity index (χ0v) is 24.5. The molecule has 214 valence electrons. The number of para-hydroxylation sites is 1. The minimum absolute atomic E-state index is 0.0873. The first-order chi connectivity index (χ1) is 19.8. The number of carbonyl (C=O) groups is 1. The molecule has 4 aromatic rings. The highest BCUT2D eigenvalue weighted by molar-refractivity contribution is 7.20. The highest BCUT2D eigenvalue weighted by Crippen LogP contribution is 2.49. The van der Waals surface area contributed by atoms with Crippen molar-refractivity contribution in [3.63, 3.8) is 0 Å². The van der Waals surface area contributed by atoms with Gasteiger partial charge in [-0.25, -0.2) is 9.78 Å². The fraction of sp³-hybridized carbons (Fsp3) is 0.433. The molecule has 7 rings (SSSR count). The lowest BCUT2D eigenvalue weighted by molar-refractivity contribution is -0.0722. The summed E-state index contributed by atoms with van der Waals surface area (Å²) in [6.45, 7) is 7.37. The van der Waals surface area contributed by atoms with Crippen molar-refractivity contribution in [1.29, 1.82) is 0 Å². The lowest BCUT2D eigenvalue weighted by atomic mass is 9.88. The number of aromatic nitrogens is 3. The maximum Gasteiger partial charge on any atom is 0.346 e. The fourth-order valence-corrected chi connectivity index (χ4v) is 7.15. The van der Waals surface area contributed by atoms with E-state index < -0.39 is 11.8 Å². The number of imidazole rings is 1. The van der Waals surface area contributed by atoms with Crippen LogP contribution in [-0.4, -0.2) is 56.3 Å². The van der Waals surface area contributed by atoms with Gasteiger partial charge in [0.05, 0.1) is 29.2 Å². The van der Waals surface area contributed by atoms with Gasteiger partial charge in [-0.1, -0.05) is 23.7 Å². The Bertz CT molecular complexity index is 1610. The minimum Gasteiger partial charge on any atom is -0.477 e. The van der Waals surface area contributed by atoms with Crippen LogP contribution in [-0.2, 0) is 17.1 Å². The molecule has 11 heteroatoms. The van der Waals surface area contributed by atoms with Gasteiger partial charge in [0.15, 0.2) is 11.5 Å². The zero-order valence-electron chi connectivity index (χ0n) is 22.9. The molecule has 0 aliphatic carbocycles. The van der Waals surface area contributed by atoms with Crippen LogP contribution >= 0.6 is 22.9 Å². The fourth-order valence-electron chi connectivity index (χ4n) is 6.16. The molecular weight excluding hydrogens is 564 g/mol. The third-order valence-electron chi connectivity index (χ3n) is 8.56. The molecule has 6 heterocycles. The number of carboxylic acid groups (broad SMARTS) is 1. The van der Waals surface area contributed by atoms with Crippen LogP contribution in [0.15, 0.2) is 42.6 Å². The van der Waals surface area contributed by atoms with Crippen LogP contribution in [0.3, 0.4) is 0 Å². The Morgan fingerprint density at radius 2 is 2.02 bits per heavy atom. The molecular formula is C30H31ClN4O5S. The van der Waals surface area contributed by atoms with Crippen LogP contribution in [0.5, 0.6) is 11.5 Å². The smallest absolute Gasteiger partial charge is 0.346 e. The van der Waals surface area contributed by atoms with E-state index in [0.717, 1.165) is 72.2 Å². The Balaban J connectivity index is 1.09. The summed E-state index contributed by atoms with van der Waals surface area (Å²) in [6, 6.07) is 11.6. The summed E-state index contributed by atoms with van der Waals surface area (Å²) in [5.41, 5.74) is 2.72. The molecule has 3 aliphatic heterocycles. The molecule has 0 saturated carbocycles. The van der Waals surface area contributed by atoms with E-state index in [9.17, 15) is 9.90 Å². The van der Waals surface area contributed by atoms with Crippen LogP contribution < -0.4 is 9.47 Å². The number of pyridine rings is 1. The van der Waals surface area contributed by atoms with Crippen molar-refractivity contribution in [3.05, 3.63) is 69.6 Å². The molecule has 2 fully saturated rings. The summed E-state index contributed by atoms with van der Waals surface area (Å²) >= 11 is 7.28. The molecule has 0 spiro atoms. The number of hydrogen-bond acceptors (Lipinski definition) is 8. The summed E-state index contributed by atoms with van der Waals surface area (Å²) in [7, 11) is 0. The average molecular weight is 595 g/mol. The number of fused-ring (bicyclic) bond motifs is 2. The third-order valence-corrected chi connectivity index (χ3v) is 9.79. The molecule has 2 saturated heterocycles. The maximum atomic E-state index is 11.6. The van der Waals surface area contributed by atoms with Crippen LogP contribution in [0.2, 0.25) is 5.02 Å². The number of hydrogen-bond donors (Lipinski definition) is 1. The van der Waals surface area contributed by atoms with Gasteiger partial charge in [-0.05, 0) is 69.5 Å². The molecule has 0 amide bonds. The van der Waals surface area contributed by atoms with Gasteiger partial charge in [0.2, 0.25) is 0 Å². The minimum atomic E-state index is -1.01. The van der Waals surface area contributed by atoms with Crippen LogP contribution in [0.25, 0.3) is 10.3 Å². The highest BCUT2D eigenvalue weighted by Gasteiger charge is 2.42. The lowest BCUT2D eigenvalue weighted by Gasteiger charge is -2.37. The van der Waals surface area contributed by atoms with Crippen LogP contribution in [0.4, 0.5) is 0 Å². The number of halogens is 1. The van der Waals surface area contributed by atoms with Crippen molar-refractivity contribution in [2.24, 2.45) is 0 Å². The SMILES string of the molecule is C[C@H](c1nc2sc(C(=O)O)cc2n1C[C@@H]1CCO1)N1CCC(c2cccc3c2O[C@](C)(c2ccc(Cl)cn2)O3)CC1. The molecule has 1 N–H and O–H groups in total. The highest BCUT2D eigenvalue weighted by atomic mass is 35.5. The number of likely N-dealkylation sites (tertiary alicyclic amines) is 1. The number of rotatable bonds is 7. The van der Waals surface area contributed by atoms with E-state index in [2.05, 4.69) is 27.4 Å². The normalized spacial score (nSPS) is 23.5. The molecule has 9 nitrogen and oxygen atoms in total. The molecule has 0 bridgehead atoms. The number of piperidine rings is 1. The molecule has 1 aromatic carbocycles. The van der Waals surface area contributed by atoms with Gasteiger partial charge in [0.1, 0.15) is 21.2 Å². The third kappa shape index (κ3) is 4.76. The standard InChI is InChI=1S/C30H31ClN4O5S/c1-17(27-33-28-22(14-24(41-28)29(36)37)35(27)16-20-10-13-38-20)34-11-8-18(9-12-34)21-4-3-5-23-26(21)40-30(2,39-23)25-7-6-19(31)15-32-25/h3-7,14-15,17-18,20H,8-13,16H2,1-2H3,(H,36,37)/t17-,20+,30-/m1/s1. The Labute approximate surface area is 246 Å². The van der Waals surface area contributed by atoms with Gasteiger partial charge in [-0.15, -0.1) is 11.3 Å². The Morgan fingerprint density at radius 3 is 2.71 bits per heavy atom. The Hall–Kier alpha value is -3.18. The molecule has 3 aromatic heterocycles. The van der Waals surface area contributed by atoms with Crippen molar-refractivity contribution in [2.45, 2.75) is 63.5 Å². The molecule has 41 heavy (non-hydrogen) atoms. The Kier molecular flexibility index (Phi) is 6.69. The van der Waals surface area contributed by atoms with Gasteiger partial charge >= 0.3 is 5.97 Å². The first kappa shape index (κ1) is 26.7. The molecule has 3 atom stereocenters. The molecule has 0 unspecified atom stereocenters. The van der Waals surface area contributed by atoms with Crippen molar-refractivity contribution < 1.29 is 24.1 Å². The maximum absolute atomic E-state index is 11.6. The number of ether oxygens (including phenoxy) is 3. The summed E-state index contributed by atoms with van der Waals surface area (Å²) in [5.74, 6) is 0.917. The monoisotopic (exact) mass is 594 g/mol. The van der Waals surface area contributed by atoms with Crippen LogP contribution in [0.1, 0.15) is 71.8 Å². The lowest BCUT2D eigenvalue weighted by Crippen LogP contribution is -2.37. The summed E-state index contributed by atoms with van der Waals surface area (Å²) < 4.78 is 20.6. The van der Waals surface area contributed by atoms with Gasteiger partial charge in [-0.2, -0.15) is 0 Å². The first-order valence-electron chi connectivity index (χ1n) is 14.0. The second-order valence-corrected chi connectivity index (χ2v) is 12.6. The van der Waals surface area contributed by atoms with E-state index in [1.807, 2.05) is 25.1 Å². The summed E-state index contributed by atoms with van der Waals surface area (Å²) in [4.78, 5) is 24.5. The Morgan fingerprint density at radius 1 is 1.22 bits per heavy atom. The first-order valence-corrected chi connectivity index (χ1v) is 15.2. The number of carboxylic acids is 1.